The minimum Gasteiger partial charge on any atom is -0.463 e. The lowest BCUT2D eigenvalue weighted by Crippen LogP contribution is -2.60. The summed E-state index contributed by atoms with van der Waals surface area (Å²) >= 11 is 0. The molecule has 0 aromatic rings. The van der Waals surface area contributed by atoms with Gasteiger partial charge in [0.2, 0.25) is 0 Å². The second-order valence-corrected chi connectivity index (χ2v) is 8.21. The van der Waals surface area contributed by atoms with Crippen molar-refractivity contribution in [1.82, 2.24) is 0 Å². The zero-order valence-electron chi connectivity index (χ0n) is 20.1. The Morgan fingerprint density at radius 2 is 1.59 bits per heavy atom. The molecule has 196 valence electrons. The summed E-state index contributed by atoms with van der Waals surface area (Å²) in [5.41, 5.74) is 0. The number of carbonyl (C=O) groups is 1. The Morgan fingerprint density at radius 1 is 0.912 bits per heavy atom. The summed E-state index contributed by atoms with van der Waals surface area (Å²) in [7, 11) is 0. The minimum absolute atomic E-state index is 0.246. The number of allylic oxidation sites excluding steroid dienone is 6. The molecule has 1 fully saturated rings. The number of unbranched alkanes of at least 4 members (excludes halogenated alkanes) is 3. The summed E-state index contributed by atoms with van der Waals surface area (Å²) in [6, 6.07) is 0. The van der Waals surface area contributed by atoms with Crippen LogP contribution in [0.15, 0.2) is 36.5 Å². The van der Waals surface area contributed by atoms with Gasteiger partial charge in [-0.3, -0.25) is 4.79 Å². The van der Waals surface area contributed by atoms with Crippen LogP contribution in [0.3, 0.4) is 0 Å². The molecule has 5 N–H and O–H groups in total. The summed E-state index contributed by atoms with van der Waals surface area (Å²) in [5, 5.41) is 48.2. The largest absolute Gasteiger partial charge is 0.463 e. The molecule has 0 amide bonds. The summed E-state index contributed by atoms with van der Waals surface area (Å²) in [6.45, 7) is 0.756. The van der Waals surface area contributed by atoms with Gasteiger partial charge in [-0.05, 0) is 38.5 Å². The number of ether oxygens (including phenoxy) is 3. The van der Waals surface area contributed by atoms with Gasteiger partial charge in [0, 0.05) is 6.42 Å². The number of aliphatic hydroxyl groups is 5. The average molecular weight is 487 g/mol. The molecule has 0 aromatic heterocycles. The van der Waals surface area contributed by atoms with Crippen LogP contribution < -0.4 is 0 Å². The highest BCUT2D eigenvalue weighted by Crippen LogP contribution is 2.23. The smallest absolute Gasteiger partial charge is 0.305 e. The van der Waals surface area contributed by atoms with Crippen LogP contribution in [0.2, 0.25) is 0 Å². The number of hydrogen-bond donors (Lipinski definition) is 5. The maximum Gasteiger partial charge on any atom is 0.305 e. The lowest BCUT2D eigenvalue weighted by Gasteiger charge is -2.40. The molecule has 1 rings (SSSR count). The van der Waals surface area contributed by atoms with E-state index in [4.69, 9.17) is 14.2 Å². The topological polar surface area (TPSA) is 146 Å². The predicted octanol–water partition coefficient (Wildman–Crippen LogP) is 1.52. The minimum atomic E-state index is -1.59. The molecule has 0 aromatic carbocycles. The first-order chi connectivity index (χ1) is 16.4. The van der Waals surface area contributed by atoms with Gasteiger partial charge >= 0.3 is 5.97 Å². The third-order valence-corrected chi connectivity index (χ3v) is 5.34. The Balaban J connectivity index is 2.17. The third kappa shape index (κ3) is 12.2. The number of aliphatic hydroxyl groups excluding tert-OH is 5. The van der Waals surface area contributed by atoms with Crippen LogP contribution in [0.1, 0.15) is 58.3 Å². The van der Waals surface area contributed by atoms with E-state index >= 15 is 0 Å². The number of esters is 1. The normalized spacial score (nSPS) is 26.6. The Labute approximate surface area is 202 Å². The Kier molecular flexibility index (Phi) is 16.7. The van der Waals surface area contributed by atoms with Crippen LogP contribution in [-0.4, -0.2) is 88.1 Å². The Morgan fingerprint density at radius 3 is 2.24 bits per heavy atom. The summed E-state index contributed by atoms with van der Waals surface area (Å²) in [6.07, 6.45) is 11.4. The van der Waals surface area contributed by atoms with Gasteiger partial charge < -0.3 is 39.7 Å². The second-order valence-electron chi connectivity index (χ2n) is 8.21. The summed E-state index contributed by atoms with van der Waals surface area (Å²) in [5.74, 6) is -0.423. The first-order valence-corrected chi connectivity index (χ1v) is 12.1. The molecule has 1 aliphatic heterocycles. The predicted molar refractivity (Wildman–Crippen MR) is 127 cm³/mol. The fourth-order valence-corrected chi connectivity index (χ4v) is 3.30. The molecule has 0 aliphatic carbocycles. The fourth-order valence-electron chi connectivity index (χ4n) is 3.30. The van der Waals surface area contributed by atoms with Crippen molar-refractivity contribution in [2.24, 2.45) is 0 Å². The highest BCUT2D eigenvalue weighted by atomic mass is 16.7. The van der Waals surface area contributed by atoms with E-state index in [2.05, 4.69) is 43.4 Å². The van der Waals surface area contributed by atoms with Crippen LogP contribution in [0, 0.1) is 0 Å². The number of hydrogen-bond acceptors (Lipinski definition) is 9. The standard InChI is InChI=1S/C25H42O9/c1-2-3-4-5-6-7-8-9-10-11-12-13-14-15-21(28)32-18-19(16-26)33-25-24(31)23(30)22(29)20(17-27)34-25/h3-4,6-7,9-10,19-20,22-27,29-31H,2,5,8,11-18H2,1H3/b4-3-,7-6-,10-9-/t19-,20-,22-,23+,24-,25-/m0/s1. The quantitative estimate of drug-likeness (QED) is 0.117. The number of rotatable bonds is 17. The molecule has 9 heteroatoms. The van der Waals surface area contributed by atoms with E-state index in [-0.39, 0.29) is 13.0 Å². The fraction of sp³-hybridized carbons (Fsp3) is 0.720. The van der Waals surface area contributed by atoms with E-state index in [1.54, 1.807) is 0 Å². The van der Waals surface area contributed by atoms with E-state index in [1.807, 2.05) is 0 Å². The van der Waals surface area contributed by atoms with Crippen molar-refractivity contribution in [3.8, 4) is 0 Å². The van der Waals surface area contributed by atoms with Crippen LogP contribution in [-0.2, 0) is 19.0 Å². The van der Waals surface area contributed by atoms with Crippen LogP contribution in [0.5, 0.6) is 0 Å². The molecule has 34 heavy (non-hydrogen) atoms. The van der Waals surface area contributed by atoms with Crippen molar-refractivity contribution in [3.05, 3.63) is 36.5 Å². The molecule has 1 saturated heterocycles. The molecule has 0 bridgehead atoms. The molecular weight excluding hydrogens is 444 g/mol. The van der Waals surface area contributed by atoms with Gasteiger partial charge in [-0.15, -0.1) is 0 Å². The molecule has 0 unspecified atom stereocenters. The molecule has 1 aliphatic rings. The molecular formula is C25H42O9. The highest BCUT2D eigenvalue weighted by molar-refractivity contribution is 5.69. The SMILES string of the molecule is CC/C=C\C/C=C\C/C=C\CCCCCC(=O)OC[C@H](CO)O[C@H]1O[C@@H](CO)[C@H](O)[C@@H](O)[C@@H]1O. The molecule has 9 nitrogen and oxygen atoms in total. The summed E-state index contributed by atoms with van der Waals surface area (Å²) < 4.78 is 15.7. The van der Waals surface area contributed by atoms with Crippen molar-refractivity contribution in [3.63, 3.8) is 0 Å². The second kappa shape index (κ2) is 18.7. The van der Waals surface area contributed by atoms with Crippen LogP contribution in [0.25, 0.3) is 0 Å². The highest BCUT2D eigenvalue weighted by Gasteiger charge is 2.44. The first-order valence-electron chi connectivity index (χ1n) is 12.1. The maximum atomic E-state index is 11.9. The van der Waals surface area contributed by atoms with Gasteiger partial charge in [-0.1, -0.05) is 49.8 Å². The van der Waals surface area contributed by atoms with Gasteiger partial charge in [-0.2, -0.15) is 0 Å². The van der Waals surface area contributed by atoms with Crippen molar-refractivity contribution in [1.29, 1.82) is 0 Å². The van der Waals surface area contributed by atoms with Crippen LogP contribution in [0.4, 0.5) is 0 Å². The van der Waals surface area contributed by atoms with Gasteiger partial charge in [0.15, 0.2) is 6.29 Å². The average Bonchev–Trinajstić information content (AvgIpc) is 2.84. The van der Waals surface area contributed by atoms with E-state index in [0.29, 0.717) is 6.42 Å². The van der Waals surface area contributed by atoms with Crippen molar-refractivity contribution in [2.45, 2.75) is 95.1 Å². The molecule has 0 spiro atoms. The molecule has 1 heterocycles. The van der Waals surface area contributed by atoms with Crippen molar-refractivity contribution in [2.75, 3.05) is 19.8 Å². The van der Waals surface area contributed by atoms with Crippen molar-refractivity contribution >= 4 is 5.97 Å². The molecule has 6 atom stereocenters. The first kappa shape index (κ1) is 30.4. The lowest BCUT2D eigenvalue weighted by atomic mass is 9.99. The lowest BCUT2D eigenvalue weighted by molar-refractivity contribution is -0.315. The zero-order valence-corrected chi connectivity index (χ0v) is 20.1. The molecule has 0 saturated carbocycles. The Hall–Kier alpha value is -1.59. The third-order valence-electron chi connectivity index (χ3n) is 5.34. The van der Waals surface area contributed by atoms with E-state index < -0.39 is 56.0 Å². The van der Waals surface area contributed by atoms with E-state index in [0.717, 1.165) is 38.5 Å². The van der Waals surface area contributed by atoms with Crippen molar-refractivity contribution < 1.29 is 44.5 Å². The van der Waals surface area contributed by atoms with Gasteiger partial charge in [-0.25, -0.2) is 0 Å². The van der Waals surface area contributed by atoms with E-state index in [1.165, 1.54) is 0 Å². The van der Waals surface area contributed by atoms with Gasteiger partial charge in [0.1, 0.15) is 37.1 Å². The molecule has 0 radical (unpaired) electrons. The zero-order chi connectivity index (χ0) is 25.2. The Bertz CT molecular complexity index is 618. The van der Waals surface area contributed by atoms with E-state index in [9.17, 15) is 30.3 Å². The number of carbonyl (C=O) groups excluding carboxylic acids is 1. The van der Waals surface area contributed by atoms with Gasteiger partial charge in [0.05, 0.1) is 13.2 Å². The summed E-state index contributed by atoms with van der Waals surface area (Å²) in [4.78, 5) is 11.9. The monoisotopic (exact) mass is 486 g/mol. The van der Waals surface area contributed by atoms with Crippen LogP contribution >= 0.6 is 0 Å². The maximum absolute atomic E-state index is 11.9. The van der Waals surface area contributed by atoms with Gasteiger partial charge in [0.25, 0.3) is 0 Å².